The number of carbonyl (C=O) groups is 2. The van der Waals surface area contributed by atoms with Crippen LogP contribution in [0.5, 0.6) is 0 Å². The summed E-state index contributed by atoms with van der Waals surface area (Å²) in [7, 11) is -4.20. The van der Waals surface area contributed by atoms with Gasteiger partial charge in [0.05, 0.1) is 27.0 Å². The van der Waals surface area contributed by atoms with Crippen LogP contribution >= 0.6 is 0 Å². The summed E-state index contributed by atoms with van der Waals surface area (Å²) in [5.74, 6) is -5.84. The minimum Gasteiger partial charge on any atom is -0.460 e. The van der Waals surface area contributed by atoms with Gasteiger partial charge in [-0.1, -0.05) is 29.8 Å². The Kier molecular flexibility index (Phi) is 9.42. The van der Waals surface area contributed by atoms with Gasteiger partial charge in [0, 0.05) is 24.5 Å². The van der Waals surface area contributed by atoms with Gasteiger partial charge >= 0.3 is 11.9 Å². The SMILES string of the molecule is Cc1ccc(S(=O)(=O)NN=C2CC(C)(O)C(C(=O)OC(C)(C)C)C(c3cccc([N+](=O)[O-])c3)C2C(=O)OC(C)(C)C)cc1. The predicted molar refractivity (Wildman–Crippen MR) is 159 cm³/mol. The van der Waals surface area contributed by atoms with Crippen LogP contribution in [0.15, 0.2) is 58.5 Å². The van der Waals surface area contributed by atoms with E-state index in [-0.39, 0.29) is 21.9 Å². The maximum Gasteiger partial charge on any atom is 0.315 e. The Morgan fingerprint density at radius 3 is 2.12 bits per heavy atom. The number of rotatable bonds is 7. The first-order chi connectivity index (χ1) is 19.6. The molecule has 0 radical (unpaired) electrons. The lowest BCUT2D eigenvalue weighted by molar-refractivity contribution is -0.385. The first kappa shape index (κ1) is 33.7. The van der Waals surface area contributed by atoms with Crippen molar-refractivity contribution in [2.45, 2.75) is 89.4 Å². The lowest BCUT2D eigenvalue weighted by atomic mass is 9.61. The van der Waals surface area contributed by atoms with Gasteiger partial charge in [-0.15, -0.1) is 0 Å². The average molecular weight is 618 g/mol. The average Bonchev–Trinajstić information content (AvgIpc) is 2.84. The molecule has 4 atom stereocenters. The Balaban J connectivity index is 2.27. The van der Waals surface area contributed by atoms with Crippen LogP contribution in [0.2, 0.25) is 0 Å². The zero-order valence-electron chi connectivity index (χ0n) is 25.6. The predicted octanol–water partition coefficient (Wildman–Crippen LogP) is 4.39. The van der Waals surface area contributed by atoms with Gasteiger partial charge in [0.25, 0.3) is 15.7 Å². The second-order valence-electron chi connectivity index (χ2n) is 12.9. The summed E-state index contributed by atoms with van der Waals surface area (Å²) >= 11 is 0. The van der Waals surface area contributed by atoms with E-state index in [0.29, 0.717) is 0 Å². The molecular weight excluding hydrogens is 578 g/mol. The van der Waals surface area contributed by atoms with Gasteiger partial charge in [0.15, 0.2) is 0 Å². The number of hydrogen-bond donors (Lipinski definition) is 2. The molecule has 3 rings (SSSR count). The number of benzene rings is 2. The summed E-state index contributed by atoms with van der Waals surface area (Å²) in [5, 5.41) is 27.5. The summed E-state index contributed by atoms with van der Waals surface area (Å²) in [6.07, 6.45) is -0.414. The third-order valence-electron chi connectivity index (χ3n) is 6.71. The van der Waals surface area contributed by atoms with Crippen LogP contribution in [0, 0.1) is 28.9 Å². The number of aliphatic hydroxyl groups is 1. The van der Waals surface area contributed by atoms with Crippen LogP contribution in [-0.2, 0) is 29.1 Å². The van der Waals surface area contributed by atoms with E-state index in [4.69, 9.17) is 9.47 Å². The van der Waals surface area contributed by atoms with Crippen molar-refractivity contribution in [1.82, 2.24) is 4.83 Å². The van der Waals surface area contributed by atoms with Crippen molar-refractivity contribution in [1.29, 1.82) is 0 Å². The molecular formula is C30H39N3O9S. The molecule has 4 unspecified atom stereocenters. The molecule has 2 aromatic carbocycles. The topological polar surface area (TPSA) is 174 Å². The molecule has 0 aliphatic heterocycles. The number of nitrogens with zero attached hydrogens (tertiary/aromatic N) is 2. The van der Waals surface area contributed by atoms with E-state index < -0.39 is 67.9 Å². The van der Waals surface area contributed by atoms with Crippen molar-refractivity contribution < 1.29 is 37.5 Å². The van der Waals surface area contributed by atoms with E-state index in [1.165, 1.54) is 43.3 Å². The summed E-state index contributed by atoms with van der Waals surface area (Å²) in [6, 6.07) is 11.3. The molecule has 0 aromatic heterocycles. The smallest absolute Gasteiger partial charge is 0.315 e. The molecule has 1 saturated carbocycles. The highest BCUT2D eigenvalue weighted by molar-refractivity contribution is 7.89. The molecule has 1 aliphatic carbocycles. The Morgan fingerprint density at radius 1 is 1.02 bits per heavy atom. The van der Waals surface area contributed by atoms with E-state index >= 15 is 0 Å². The fraction of sp³-hybridized carbons (Fsp3) is 0.500. The van der Waals surface area contributed by atoms with Gasteiger partial charge in [-0.05, 0) is 73.1 Å². The van der Waals surface area contributed by atoms with E-state index in [1.807, 2.05) is 0 Å². The molecule has 43 heavy (non-hydrogen) atoms. The molecule has 0 amide bonds. The molecule has 1 fully saturated rings. The lowest BCUT2D eigenvalue weighted by Crippen LogP contribution is -2.56. The number of esters is 2. The molecule has 2 aromatic rings. The van der Waals surface area contributed by atoms with Crippen molar-refractivity contribution in [3.8, 4) is 0 Å². The zero-order chi connectivity index (χ0) is 32.5. The highest BCUT2D eigenvalue weighted by atomic mass is 32.2. The zero-order valence-corrected chi connectivity index (χ0v) is 26.4. The third-order valence-corrected chi connectivity index (χ3v) is 7.94. The second kappa shape index (κ2) is 12.0. The summed E-state index contributed by atoms with van der Waals surface area (Å²) in [4.78, 5) is 40.7. The highest BCUT2D eigenvalue weighted by Crippen LogP contribution is 2.48. The van der Waals surface area contributed by atoms with Gasteiger partial charge in [-0.25, -0.2) is 4.83 Å². The Morgan fingerprint density at radius 2 is 1.58 bits per heavy atom. The van der Waals surface area contributed by atoms with Gasteiger partial charge in [0.2, 0.25) is 0 Å². The van der Waals surface area contributed by atoms with Gasteiger partial charge in [-0.2, -0.15) is 13.5 Å². The Labute approximate surface area is 251 Å². The molecule has 2 N–H and O–H groups in total. The number of nitro groups is 1. The molecule has 0 saturated heterocycles. The van der Waals surface area contributed by atoms with E-state index in [0.717, 1.165) is 5.56 Å². The van der Waals surface area contributed by atoms with E-state index in [1.54, 1.807) is 60.6 Å². The van der Waals surface area contributed by atoms with Crippen LogP contribution in [0.4, 0.5) is 5.69 Å². The fourth-order valence-electron chi connectivity index (χ4n) is 5.02. The van der Waals surface area contributed by atoms with Crippen LogP contribution in [-0.4, -0.2) is 52.9 Å². The van der Waals surface area contributed by atoms with Crippen LogP contribution < -0.4 is 4.83 Å². The molecule has 12 nitrogen and oxygen atoms in total. The van der Waals surface area contributed by atoms with Crippen LogP contribution in [0.3, 0.4) is 0 Å². The second-order valence-corrected chi connectivity index (χ2v) is 14.6. The van der Waals surface area contributed by atoms with E-state index in [2.05, 4.69) is 9.93 Å². The van der Waals surface area contributed by atoms with Gasteiger partial charge < -0.3 is 14.6 Å². The first-order valence-electron chi connectivity index (χ1n) is 13.7. The molecule has 0 bridgehead atoms. The molecule has 0 heterocycles. The minimum atomic E-state index is -4.20. The highest BCUT2D eigenvalue weighted by Gasteiger charge is 2.57. The Hall–Kier alpha value is -3.84. The van der Waals surface area contributed by atoms with Crippen molar-refractivity contribution in [3.05, 3.63) is 69.8 Å². The van der Waals surface area contributed by atoms with Crippen LogP contribution in [0.1, 0.15) is 71.9 Å². The summed E-state index contributed by atoms with van der Waals surface area (Å²) in [5.41, 5.74) is -3.33. The number of ether oxygens (including phenoxy) is 2. The van der Waals surface area contributed by atoms with Crippen molar-refractivity contribution in [2.24, 2.45) is 16.9 Å². The number of non-ortho nitro benzene ring substituents is 1. The van der Waals surface area contributed by atoms with Crippen LogP contribution in [0.25, 0.3) is 0 Å². The normalized spacial score (nSPS) is 23.8. The lowest BCUT2D eigenvalue weighted by Gasteiger charge is -2.46. The van der Waals surface area contributed by atoms with Crippen molar-refractivity contribution in [2.75, 3.05) is 0 Å². The van der Waals surface area contributed by atoms with Gasteiger partial charge in [0.1, 0.15) is 17.1 Å². The Bertz CT molecular complexity index is 1520. The molecule has 234 valence electrons. The number of carbonyl (C=O) groups excluding carboxylic acids is 2. The number of nitrogens with one attached hydrogen (secondary N) is 1. The number of sulfonamides is 1. The standard InChI is InChI=1S/C30H39N3O9S/c1-18-12-14-21(15-13-18)43(39,40)32-31-22-17-30(8,36)25(27(35)42-29(5,6)7)23(24(22)26(34)41-28(2,3)4)19-10-9-11-20(16-19)33(37)38/h9-16,23-25,32,36H,17H2,1-8H3. The molecule has 1 aliphatic rings. The minimum absolute atomic E-state index is 0.0827. The fourth-order valence-corrected chi connectivity index (χ4v) is 5.85. The largest absolute Gasteiger partial charge is 0.460 e. The first-order valence-corrected chi connectivity index (χ1v) is 15.2. The molecule has 0 spiro atoms. The summed E-state index contributed by atoms with van der Waals surface area (Å²) in [6.45, 7) is 13.0. The monoisotopic (exact) mass is 617 g/mol. The van der Waals surface area contributed by atoms with Crippen molar-refractivity contribution >= 4 is 33.4 Å². The maximum absolute atomic E-state index is 13.9. The molecule has 13 heteroatoms. The number of aryl methyl sites for hydroxylation is 1. The quantitative estimate of drug-likeness (QED) is 0.259. The number of nitro benzene ring substituents is 1. The number of hydrazone groups is 1. The van der Waals surface area contributed by atoms with Gasteiger partial charge in [-0.3, -0.25) is 19.7 Å². The van der Waals surface area contributed by atoms with Crippen molar-refractivity contribution in [3.63, 3.8) is 0 Å². The van der Waals surface area contributed by atoms with E-state index in [9.17, 15) is 33.2 Å². The third kappa shape index (κ3) is 8.38. The maximum atomic E-state index is 13.9. The number of hydrogen-bond acceptors (Lipinski definition) is 10. The summed E-state index contributed by atoms with van der Waals surface area (Å²) < 4.78 is 37.6.